The summed E-state index contributed by atoms with van der Waals surface area (Å²) in [5, 5.41) is 23.1. The number of aromatic nitrogens is 1. The maximum Gasteiger partial charge on any atom is 1.00 e. The first-order valence-electron chi connectivity index (χ1n) is 9.83. The number of benzene rings is 1. The van der Waals surface area contributed by atoms with Gasteiger partial charge in [0.05, 0.1) is 30.2 Å². The Morgan fingerprint density at radius 2 is 1.97 bits per heavy atom. The van der Waals surface area contributed by atoms with Crippen molar-refractivity contribution in [1.82, 2.24) is 15.2 Å². The molecule has 1 saturated heterocycles. The molecule has 2 N–H and O–H groups in total. The largest absolute Gasteiger partial charge is 1.00 e. The fourth-order valence-corrected chi connectivity index (χ4v) is 7.37. The molecular weight excluding hydrogens is 526 g/mol. The molecule has 9 nitrogen and oxygen atoms in total. The van der Waals surface area contributed by atoms with Gasteiger partial charge in [-0.25, -0.2) is 4.98 Å². The topological polar surface area (TPSA) is 140 Å². The predicted molar refractivity (Wildman–Crippen MR) is 121 cm³/mol. The van der Waals surface area contributed by atoms with E-state index in [1.165, 1.54) is 23.1 Å². The van der Waals surface area contributed by atoms with Gasteiger partial charge in [-0.05, 0) is 12.5 Å². The molecule has 172 valence electrons. The number of β-lactam (4-membered cyclic amide) rings is 1. The maximum atomic E-state index is 12.8. The summed E-state index contributed by atoms with van der Waals surface area (Å²) in [6.45, 7) is 1.69. The number of carboxylic acid groups (broad SMARTS) is 2. The fraction of sp³-hybridized carbons (Fsp3) is 0.286. The van der Waals surface area contributed by atoms with Crippen molar-refractivity contribution in [3.05, 3.63) is 57.1 Å². The summed E-state index contributed by atoms with van der Waals surface area (Å²) < 4.78 is 0.497. The van der Waals surface area contributed by atoms with E-state index in [9.17, 15) is 24.3 Å². The molecule has 0 unspecified atom stereocenters. The standard InChI is InChI=1S/C21H19N3O6S3.K/c1-10-12(8-15(26)27)32-21(22-10)33-13-9-31-19-16(18(28)24(19)17(13)20(29)30)23-14(25)7-11-5-3-2-4-6-11;/h2-6,16,19H,7-9H2,1H3,(H,23,25)(H,26,27)(H,29,30);/q;+1/p-1/t16-,19+;/m1./s1. The van der Waals surface area contributed by atoms with Gasteiger partial charge in [0.15, 0.2) is 4.34 Å². The van der Waals surface area contributed by atoms with Crippen LogP contribution in [0.2, 0.25) is 0 Å². The number of fused-ring (bicyclic) bond motifs is 1. The number of carbonyl (C=O) groups excluding carboxylic acids is 3. The van der Waals surface area contributed by atoms with Crippen LogP contribution >= 0.6 is 34.9 Å². The van der Waals surface area contributed by atoms with Crippen LogP contribution in [-0.4, -0.2) is 55.9 Å². The first kappa shape index (κ1) is 27.4. The van der Waals surface area contributed by atoms with Crippen LogP contribution in [0.4, 0.5) is 0 Å². The normalized spacial score (nSPS) is 19.1. The van der Waals surface area contributed by atoms with Crippen LogP contribution in [0.25, 0.3) is 0 Å². The monoisotopic (exact) mass is 543 g/mol. The molecule has 2 aliphatic heterocycles. The second-order valence-electron chi connectivity index (χ2n) is 7.34. The Bertz CT molecular complexity index is 1170. The Hall–Kier alpha value is -1.19. The van der Waals surface area contributed by atoms with Crippen molar-refractivity contribution >= 4 is 58.6 Å². The molecule has 0 saturated carbocycles. The number of carboxylic acids is 2. The van der Waals surface area contributed by atoms with E-state index in [0.29, 0.717) is 25.6 Å². The molecule has 0 spiro atoms. The van der Waals surface area contributed by atoms with E-state index in [1.807, 2.05) is 30.3 Å². The summed E-state index contributed by atoms with van der Waals surface area (Å²) in [6, 6.07) is 8.30. The number of carbonyl (C=O) groups is 4. The maximum absolute atomic E-state index is 12.8. The number of aliphatic carboxylic acids is 2. The molecule has 0 radical (unpaired) electrons. The smallest absolute Gasteiger partial charge is 0.543 e. The average Bonchev–Trinajstić information content (AvgIpc) is 3.10. The van der Waals surface area contributed by atoms with Crippen LogP contribution in [0.15, 0.2) is 45.3 Å². The predicted octanol–water partition coefficient (Wildman–Crippen LogP) is -2.22. The Morgan fingerprint density at radius 1 is 1.26 bits per heavy atom. The van der Waals surface area contributed by atoms with E-state index < -0.39 is 29.3 Å². The molecule has 2 aliphatic rings. The molecule has 1 aromatic heterocycles. The van der Waals surface area contributed by atoms with Crippen molar-refractivity contribution in [1.29, 1.82) is 0 Å². The minimum Gasteiger partial charge on any atom is -0.543 e. The first-order chi connectivity index (χ1) is 15.7. The van der Waals surface area contributed by atoms with Crippen molar-refractivity contribution in [3.8, 4) is 0 Å². The van der Waals surface area contributed by atoms with Gasteiger partial charge in [0.1, 0.15) is 11.4 Å². The number of nitrogens with zero attached hydrogens (tertiary/aromatic N) is 2. The summed E-state index contributed by atoms with van der Waals surface area (Å²) in [5.74, 6) is -2.99. The summed E-state index contributed by atoms with van der Waals surface area (Å²) in [7, 11) is 0. The van der Waals surface area contributed by atoms with Gasteiger partial charge < -0.3 is 20.3 Å². The number of aryl methyl sites for hydroxylation is 1. The Labute approximate surface area is 250 Å². The second kappa shape index (κ2) is 11.7. The molecule has 4 rings (SSSR count). The van der Waals surface area contributed by atoms with E-state index >= 15 is 0 Å². The zero-order chi connectivity index (χ0) is 23.7. The molecule has 0 bridgehead atoms. The van der Waals surface area contributed by atoms with Crippen LogP contribution < -0.4 is 61.8 Å². The molecule has 2 atom stereocenters. The minimum atomic E-state index is -1.48. The average molecular weight is 544 g/mol. The van der Waals surface area contributed by atoms with Gasteiger partial charge in [-0.2, -0.15) is 0 Å². The van der Waals surface area contributed by atoms with Crippen LogP contribution in [0, 0.1) is 6.92 Å². The van der Waals surface area contributed by atoms with Gasteiger partial charge >= 0.3 is 57.4 Å². The molecule has 2 amide bonds. The number of rotatable bonds is 8. The third-order valence-corrected chi connectivity index (χ3v) is 8.81. The molecule has 0 aliphatic carbocycles. The summed E-state index contributed by atoms with van der Waals surface area (Å²) >= 11 is 3.62. The molecule has 13 heteroatoms. The number of amides is 2. The van der Waals surface area contributed by atoms with E-state index in [-0.39, 0.29) is 75.8 Å². The Morgan fingerprint density at radius 3 is 2.62 bits per heavy atom. The SMILES string of the molecule is Cc1nc(SC2=C(C(=O)[O-])N3C(=O)[C@@H](NC(=O)Cc4ccccc4)[C@@H]3SC2)sc1CC(=O)O.[K+]. The fourth-order valence-electron chi connectivity index (χ4n) is 3.52. The number of hydrogen-bond acceptors (Lipinski definition) is 9. The number of thioether (sulfide) groups is 2. The number of hydrogen-bond donors (Lipinski definition) is 2. The number of thiazole rings is 1. The molecule has 1 aromatic carbocycles. The van der Waals surface area contributed by atoms with Crippen LogP contribution in [0.3, 0.4) is 0 Å². The minimum absolute atomic E-state index is 0. The quantitative estimate of drug-likeness (QED) is 0.280. The van der Waals surface area contributed by atoms with Crippen LogP contribution in [-0.2, 0) is 32.0 Å². The van der Waals surface area contributed by atoms with Gasteiger partial charge in [-0.3, -0.25) is 19.3 Å². The van der Waals surface area contributed by atoms with Gasteiger partial charge in [-0.15, -0.1) is 23.1 Å². The van der Waals surface area contributed by atoms with E-state index in [0.717, 1.165) is 22.2 Å². The Balaban J connectivity index is 0.00000324. The van der Waals surface area contributed by atoms with Crippen molar-refractivity contribution in [2.75, 3.05) is 5.75 Å². The summed E-state index contributed by atoms with van der Waals surface area (Å²) in [6.07, 6.45) is -0.0450. The first-order valence-corrected chi connectivity index (χ1v) is 12.5. The molecule has 3 heterocycles. The summed E-state index contributed by atoms with van der Waals surface area (Å²) in [5.41, 5.74) is 1.16. The molecule has 1 fully saturated rings. The van der Waals surface area contributed by atoms with Gasteiger partial charge in [-0.1, -0.05) is 42.1 Å². The Kier molecular flexibility index (Phi) is 9.42. The van der Waals surface area contributed by atoms with Crippen molar-refractivity contribution in [3.63, 3.8) is 0 Å². The number of nitrogens with one attached hydrogen (secondary N) is 1. The van der Waals surface area contributed by atoms with Gasteiger partial charge in [0.25, 0.3) is 5.91 Å². The third-order valence-electron chi connectivity index (χ3n) is 5.05. The van der Waals surface area contributed by atoms with E-state index in [2.05, 4.69) is 10.3 Å². The molecule has 2 aromatic rings. The van der Waals surface area contributed by atoms with E-state index in [4.69, 9.17) is 5.11 Å². The van der Waals surface area contributed by atoms with Gasteiger partial charge in [0.2, 0.25) is 5.91 Å². The molecular formula is C21H18KN3O6S3. The van der Waals surface area contributed by atoms with Crippen LogP contribution in [0.1, 0.15) is 16.1 Å². The van der Waals surface area contributed by atoms with E-state index in [1.54, 1.807) is 6.92 Å². The van der Waals surface area contributed by atoms with Gasteiger partial charge in [0, 0.05) is 15.5 Å². The van der Waals surface area contributed by atoms with Crippen LogP contribution in [0.5, 0.6) is 0 Å². The third kappa shape index (κ3) is 5.95. The zero-order valence-electron chi connectivity index (χ0n) is 18.3. The van der Waals surface area contributed by atoms with Crippen molar-refractivity contribution in [2.45, 2.75) is 35.5 Å². The van der Waals surface area contributed by atoms with Crippen molar-refractivity contribution in [2.24, 2.45) is 0 Å². The second-order valence-corrected chi connectivity index (χ2v) is 10.9. The molecule has 34 heavy (non-hydrogen) atoms. The summed E-state index contributed by atoms with van der Waals surface area (Å²) in [4.78, 5) is 54.5. The van der Waals surface area contributed by atoms with Crippen molar-refractivity contribution < 1.29 is 80.8 Å². The zero-order valence-corrected chi connectivity index (χ0v) is 23.8.